The van der Waals surface area contributed by atoms with Crippen molar-refractivity contribution in [1.82, 2.24) is 20.0 Å². The Morgan fingerprint density at radius 3 is 2.72 bits per heavy atom. The largest absolute Gasteiger partial charge is 0.355 e. The van der Waals surface area contributed by atoms with E-state index >= 15 is 0 Å². The van der Waals surface area contributed by atoms with E-state index in [0.29, 0.717) is 33.1 Å². The molecule has 1 aliphatic rings. The summed E-state index contributed by atoms with van der Waals surface area (Å²) < 4.78 is 38.0. The molecule has 3 heterocycles. The van der Waals surface area contributed by atoms with Crippen molar-refractivity contribution in [2.45, 2.75) is 44.0 Å². The number of aromatic nitrogens is 3. The van der Waals surface area contributed by atoms with Crippen LogP contribution in [0.15, 0.2) is 26.1 Å². The summed E-state index contributed by atoms with van der Waals surface area (Å²) in [7, 11) is -3.69. The predicted molar refractivity (Wildman–Crippen MR) is 89.6 cm³/mol. The zero-order valence-electron chi connectivity index (χ0n) is 13.6. The second-order valence-electron chi connectivity index (χ2n) is 6.01. The molecule has 0 aromatic carbocycles. The van der Waals surface area contributed by atoms with Crippen LogP contribution in [0.4, 0.5) is 0 Å². The van der Waals surface area contributed by atoms with Crippen LogP contribution in [0.1, 0.15) is 41.0 Å². The van der Waals surface area contributed by atoms with Crippen molar-refractivity contribution < 1.29 is 17.5 Å². The normalized spacial score (nSPS) is 15.0. The van der Waals surface area contributed by atoms with Crippen LogP contribution >= 0.6 is 11.3 Å². The van der Waals surface area contributed by atoms with Gasteiger partial charge in [0, 0.05) is 16.9 Å². The van der Waals surface area contributed by atoms with Gasteiger partial charge in [-0.25, -0.2) is 13.1 Å². The second kappa shape index (κ2) is 6.04. The van der Waals surface area contributed by atoms with Gasteiger partial charge in [-0.15, -0.1) is 11.3 Å². The van der Waals surface area contributed by atoms with Gasteiger partial charge < -0.3 is 9.05 Å². The van der Waals surface area contributed by atoms with Gasteiger partial charge in [-0.3, -0.25) is 0 Å². The van der Waals surface area contributed by atoms with Crippen molar-refractivity contribution in [1.29, 1.82) is 0 Å². The monoisotopic (exact) mass is 380 g/mol. The lowest BCUT2D eigenvalue weighted by molar-refractivity contribution is 0.373. The Bertz CT molecular complexity index is 1010. The van der Waals surface area contributed by atoms with Crippen molar-refractivity contribution in [2.75, 3.05) is 0 Å². The molecule has 0 amide bonds. The molecule has 0 radical (unpaired) electrons. The van der Waals surface area contributed by atoms with E-state index in [1.54, 1.807) is 19.1 Å². The third-order valence-corrected chi connectivity index (χ3v) is 6.58. The molecular formula is C15H16N4O4S2. The van der Waals surface area contributed by atoms with Crippen molar-refractivity contribution in [2.24, 2.45) is 0 Å². The number of hydrogen-bond acceptors (Lipinski definition) is 8. The summed E-state index contributed by atoms with van der Waals surface area (Å²) in [5.74, 6) is 1.82. The Morgan fingerprint density at radius 1 is 1.24 bits per heavy atom. The van der Waals surface area contributed by atoms with Gasteiger partial charge in [0.2, 0.25) is 15.9 Å². The minimum absolute atomic E-state index is 0.00934. The molecule has 3 aromatic rings. The molecule has 0 spiro atoms. The van der Waals surface area contributed by atoms with E-state index in [0.717, 1.165) is 18.5 Å². The maximum absolute atomic E-state index is 12.6. The average molecular weight is 380 g/mol. The SMILES string of the molecule is Cc1cc(-c2cc(S(=O)(=O)NCc3noc(C4CC4)n3)c(C)s2)on1. The quantitative estimate of drug-likeness (QED) is 0.700. The molecule has 3 aromatic heterocycles. The standard InChI is InChI=1S/C15H16N4O4S2/c1-8-5-11(22-18-8)12-6-13(9(2)24-12)25(20,21)16-7-14-17-15(23-19-14)10-3-4-10/h5-6,10,16H,3-4,7H2,1-2H3. The van der Waals surface area contributed by atoms with Crippen molar-refractivity contribution in [3.05, 3.63) is 34.4 Å². The molecule has 0 bridgehead atoms. The van der Waals surface area contributed by atoms with E-state index in [1.165, 1.54) is 11.3 Å². The Morgan fingerprint density at radius 2 is 2.04 bits per heavy atom. The first-order valence-corrected chi connectivity index (χ1v) is 10.1. The molecule has 4 rings (SSSR count). The highest BCUT2D eigenvalue weighted by molar-refractivity contribution is 7.89. The molecule has 132 valence electrons. The van der Waals surface area contributed by atoms with Crippen LogP contribution < -0.4 is 4.72 Å². The van der Waals surface area contributed by atoms with Gasteiger partial charge in [-0.2, -0.15) is 4.98 Å². The molecule has 0 saturated heterocycles. The molecular weight excluding hydrogens is 364 g/mol. The zero-order valence-corrected chi connectivity index (χ0v) is 15.3. The summed E-state index contributed by atoms with van der Waals surface area (Å²) in [5.41, 5.74) is 0.743. The van der Waals surface area contributed by atoms with E-state index in [2.05, 4.69) is 20.0 Å². The molecule has 0 unspecified atom stereocenters. The van der Waals surface area contributed by atoms with Gasteiger partial charge in [-0.05, 0) is 32.8 Å². The average Bonchev–Trinajstić information content (AvgIpc) is 2.96. The fourth-order valence-corrected chi connectivity index (χ4v) is 4.92. The Kier molecular flexibility index (Phi) is 3.97. The highest BCUT2D eigenvalue weighted by Crippen LogP contribution is 2.39. The van der Waals surface area contributed by atoms with E-state index in [4.69, 9.17) is 9.05 Å². The summed E-state index contributed by atoms with van der Waals surface area (Å²) >= 11 is 1.34. The summed E-state index contributed by atoms with van der Waals surface area (Å²) in [6.07, 6.45) is 2.09. The van der Waals surface area contributed by atoms with E-state index < -0.39 is 10.0 Å². The molecule has 1 N–H and O–H groups in total. The second-order valence-corrected chi connectivity index (χ2v) is 9.00. The van der Waals surface area contributed by atoms with Crippen LogP contribution in [-0.4, -0.2) is 23.7 Å². The fraction of sp³-hybridized carbons (Fsp3) is 0.400. The molecule has 0 aliphatic heterocycles. The topological polar surface area (TPSA) is 111 Å². The van der Waals surface area contributed by atoms with Crippen LogP contribution in [0.5, 0.6) is 0 Å². The number of sulfonamides is 1. The number of nitrogens with one attached hydrogen (secondary N) is 1. The zero-order chi connectivity index (χ0) is 17.6. The first-order valence-electron chi connectivity index (χ1n) is 7.78. The lowest BCUT2D eigenvalue weighted by Crippen LogP contribution is -2.24. The van der Waals surface area contributed by atoms with Crippen LogP contribution in [0.25, 0.3) is 10.6 Å². The van der Waals surface area contributed by atoms with E-state index in [-0.39, 0.29) is 11.4 Å². The maximum Gasteiger partial charge on any atom is 0.242 e. The molecule has 1 aliphatic carbocycles. The number of nitrogens with zero attached hydrogens (tertiary/aromatic N) is 3. The van der Waals surface area contributed by atoms with E-state index in [1.807, 2.05) is 6.92 Å². The van der Waals surface area contributed by atoms with Crippen LogP contribution in [0.2, 0.25) is 0 Å². The highest BCUT2D eigenvalue weighted by Gasteiger charge is 2.30. The third-order valence-electron chi connectivity index (χ3n) is 3.86. The molecule has 1 saturated carbocycles. The van der Waals surface area contributed by atoms with Crippen LogP contribution in [0.3, 0.4) is 0 Å². The Balaban J connectivity index is 1.52. The Hall–Kier alpha value is -2.04. The molecule has 1 fully saturated rings. The molecule has 8 nitrogen and oxygen atoms in total. The number of rotatable bonds is 6. The summed E-state index contributed by atoms with van der Waals surface area (Å²) in [6, 6.07) is 3.36. The smallest absolute Gasteiger partial charge is 0.242 e. The van der Waals surface area contributed by atoms with Crippen LogP contribution in [0, 0.1) is 13.8 Å². The third kappa shape index (κ3) is 3.37. The first kappa shape index (κ1) is 16.4. The lowest BCUT2D eigenvalue weighted by atomic mass is 10.3. The predicted octanol–water partition coefficient (Wildman–Crippen LogP) is 2.76. The van der Waals surface area contributed by atoms with Gasteiger partial charge in [0.05, 0.1) is 22.0 Å². The minimum Gasteiger partial charge on any atom is -0.355 e. The van der Waals surface area contributed by atoms with Gasteiger partial charge in [0.15, 0.2) is 11.6 Å². The molecule has 0 atom stereocenters. The van der Waals surface area contributed by atoms with Gasteiger partial charge >= 0.3 is 0 Å². The lowest BCUT2D eigenvalue weighted by Gasteiger charge is -2.03. The summed E-state index contributed by atoms with van der Waals surface area (Å²) in [4.78, 5) is 5.82. The summed E-state index contributed by atoms with van der Waals surface area (Å²) in [6.45, 7) is 3.56. The maximum atomic E-state index is 12.6. The number of thiophene rings is 1. The minimum atomic E-state index is -3.69. The molecule has 25 heavy (non-hydrogen) atoms. The van der Waals surface area contributed by atoms with Gasteiger partial charge in [0.25, 0.3) is 0 Å². The Labute approximate surface area is 148 Å². The van der Waals surface area contributed by atoms with Crippen molar-refractivity contribution in [3.63, 3.8) is 0 Å². The molecule has 10 heteroatoms. The van der Waals surface area contributed by atoms with Crippen molar-refractivity contribution >= 4 is 21.4 Å². The van der Waals surface area contributed by atoms with Crippen molar-refractivity contribution in [3.8, 4) is 10.6 Å². The highest BCUT2D eigenvalue weighted by atomic mass is 32.2. The number of aryl methyl sites for hydroxylation is 2. The number of hydrogen-bond donors (Lipinski definition) is 1. The van der Waals surface area contributed by atoms with Crippen LogP contribution in [-0.2, 0) is 16.6 Å². The van der Waals surface area contributed by atoms with Gasteiger partial charge in [-0.1, -0.05) is 10.3 Å². The summed E-state index contributed by atoms with van der Waals surface area (Å²) in [5, 5.41) is 7.65. The fourth-order valence-electron chi connectivity index (χ4n) is 2.41. The first-order chi connectivity index (χ1) is 11.9. The van der Waals surface area contributed by atoms with E-state index in [9.17, 15) is 8.42 Å². The van der Waals surface area contributed by atoms with Gasteiger partial charge in [0.1, 0.15) is 0 Å².